The number of carboxylic acid groups (broad SMARTS) is 1. The predicted molar refractivity (Wildman–Crippen MR) is 62.8 cm³/mol. The lowest BCUT2D eigenvalue weighted by Gasteiger charge is -2.24. The van der Waals surface area contributed by atoms with Gasteiger partial charge in [-0.05, 0) is 27.2 Å². The second-order valence-electron chi connectivity index (χ2n) is 4.82. The molecule has 96 valence electrons. The van der Waals surface area contributed by atoms with Crippen LogP contribution < -0.4 is 4.72 Å². The summed E-state index contributed by atoms with van der Waals surface area (Å²) in [5.41, 5.74) is 0. The Kier molecular flexibility index (Phi) is 5.41. The van der Waals surface area contributed by atoms with E-state index in [1.165, 1.54) is 0 Å². The molecular weight excluding hydrogens is 230 g/mol. The first-order valence-corrected chi connectivity index (χ1v) is 6.82. The van der Waals surface area contributed by atoms with Crippen molar-refractivity contribution in [2.24, 2.45) is 0 Å². The zero-order valence-corrected chi connectivity index (χ0v) is 11.1. The van der Waals surface area contributed by atoms with Crippen molar-refractivity contribution in [1.82, 2.24) is 4.72 Å². The molecule has 0 amide bonds. The van der Waals surface area contributed by atoms with Gasteiger partial charge in [-0.2, -0.15) is 0 Å². The van der Waals surface area contributed by atoms with Crippen LogP contribution in [0.3, 0.4) is 0 Å². The second kappa shape index (κ2) is 5.63. The number of hydrogen-bond donors (Lipinski definition) is 2. The maximum Gasteiger partial charge on any atom is 0.304 e. The fraction of sp³-hybridized carbons (Fsp3) is 0.900. The number of sulfonamides is 1. The van der Waals surface area contributed by atoms with E-state index < -0.39 is 26.8 Å². The van der Waals surface area contributed by atoms with Crippen LogP contribution in [0.25, 0.3) is 0 Å². The Balaban J connectivity index is 4.69. The standard InChI is InChI=1S/C10H21NO4S/c1-5-6-8(7-9(12)13)11-16(14,15)10(2,3)4/h8,11H,5-7H2,1-4H3,(H,12,13). The summed E-state index contributed by atoms with van der Waals surface area (Å²) in [6.07, 6.45) is 1.09. The molecule has 0 aliphatic rings. The monoisotopic (exact) mass is 251 g/mol. The number of carboxylic acids is 1. The SMILES string of the molecule is CCCC(CC(=O)O)NS(=O)(=O)C(C)(C)C. The van der Waals surface area contributed by atoms with E-state index >= 15 is 0 Å². The van der Waals surface area contributed by atoms with Gasteiger partial charge in [0.1, 0.15) is 0 Å². The van der Waals surface area contributed by atoms with Crippen molar-refractivity contribution in [3.63, 3.8) is 0 Å². The third-order valence-corrected chi connectivity index (χ3v) is 4.44. The molecule has 0 rings (SSSR count). The van der Waals surface area contributed by atoms with E-state index in [1.807, 2.05) is 6.92 Å². The van der Waals surface area contributed by atoms with E-state index in [0.717, 1.165) is 6.42 Å². The highest BCUT2D eigenvalue weighted by Gasteiger charge is 2.31. The third-order valence-electron chi connectivity index (χ3n) is 2.19. The zero-order chi connectivity index (χ0) is 13.0. The average Bonchev–Trinajstić information content (AvgIpc) is 1.99. The summed E-state index contributed by atoms with van der Waals surface area (Å²) in [6, 6.07) is -0.522. The minimum atomic E-state index is -3.48. The van der Waals surface area contributed by atoms with Crippen molar-refractivity contribution >= 4 is 16.0 Å². The maximum atomic E-state index is 11.8. The summed E-state index contributed by atoms with van der Waals surface area (Å²) in [5.74, 6) is -0.991. The Bertz CT molecular complexity index is 329. The summed E-state index contributed by atoms with van der Waals surface area (Å²) < 4.78 is 25.2. The molecule has 0 aromatic rings. The van der Waals surface area contributed by atoms with Gasteiger partial charge in [0.25, 0.3) is 0 Å². The number of nitrogens with one attached hydrogen (secondary N) is 1. The van der Waals surface area contributed by atoms with Crippen molar-refractivity contribution in [3.05, 3.63) is 0 Å². The van der Waals surface area contributed by atoms with Gasteiger partial charge >= 0.3 is 5.97 Å². The number of carbonyl (C=O) groups is 1. The van der Waals surface area contributed by atoms with Gasteiger partial charge in [0.2, 0.25) is 10.0 Å². The molecule has 0 aliphatic heterocycles. The molecule has 0 fully saturated rings. The molecule has 6 heteroatoms. The van der Waals surface area contributed by atoms with Crippen molar-refractivity contribution in [1.29, 1.82) is 0 Å². The van der Waals surface area contributed by atoms with Gasteiger partial charge in [-0.25, -0.2) is 13.1 Å². The molecule has 0 aromatic heterocycles. The molecule has 0 heterocycles. The zero-order valence-electron chi connectivity index (χ0n) is 10.3. The Labute approximate surface area is 97.3 Å². The van der Waals surface area contributed by atoms with Crippen LogP contribution in [-0.4, -0.2) is 30.3 Å². The van der Waals surface area contributed by atoms with Gasteiger partial charge in [0.05, 0.1) is 11.2 Å². The van der Waals surface area contributed by atoms with E-state index in [4.69, 9.17) is 5.11 Å². The molecule has 2 N–H and O–H groups in total. The molecule has 0 saturated carbocycles. The lowest BCUT2D eigenvalue weighted by molar-refractivity contribution is -0.137. The van der Waals surface area contributed by atoms with Gasteiger partial charge in [0.15, 0.2) is 0 Å². The van der Waals surface area contributed by atoms with Crippen LogP contribution in [0.2, 0.25) is 0 Å². The normalized spacial score (nSPS) is 14.8. The van der Waals surface area contributed by atoms with Crippen LogP contribution in [0.5, 0.6) is 0 Å². The molecule has 0 spiro atoms. The highest BCUT2D eigenvalue weighted by atomic mass is 32.2. The Morgan fingerprint density at radius 1 is 1.38 bits per heavy atom. The number of rotatable bonds is 6. The van der Waals surface area contributed by atoms with Crippen LogP contribution in [0.15, 0.2) is 0 Å². The quantitative estimate of drug-likeness (QED) is 0.746. The first-order valence-electron chi connectivity index (χ1n) is 5.34. The molecule has 1 atom stereocenters. The summed E-state index contributed by atoms with van der Waals surface area (Å²) >= 11 is 0. The van der Waals surface area contributed by atoms with E-state index in [-0.39, 0.29) is 6.42 Å². The largest absolute Gasteiger partial charge is 0.481 e. The topological polar surface area (TPSA) is 83.5 Å². The average molecular weight is 251 g/mol. The summed E-state index contributed by atoms with van der Waals surface area (Å²) in [7, 11) is -3.48. The lowest BCUT2D eigenvalue weighted by atomic mass is 10.1. The van der Waals surface area contributed by atoms with Crippen LogP contribution in [0.1, 0.15) is 47.0 Å². The molecule has 1 unspecified atom stereocenters. The van der Waals surface area contributed by atoms with Gasteiger partial charge in [-0.3, -0.25) is 4.79 Å². The Hall–Kier alpha value is -0.620. The third kappa shape index (κ3) is 4.94. The molecule has 16 heavy (non-hydrogen) atoms. The van der Waals surface area contributed by atoms with Crippen LogP contribution in [-0.2, 0) is 14.8 Å². The Morgan fingerprint density at radius 3 is 2.19 bits per heavy atom. The lowest BCUT2D eigenvalue weighted by Crippen LogP contribution is -2.45. The summed E-state index contributed by atoms with van der Waals surface area (Å²) in [5, 5.41) is 8.68. The minimum absolute atomic E-state index is 0.177. The van der Waals surface area contributed by atoms with Crippen molar-refractivity contribution in [3.8, 4) is 0 Å². The fourth-order valence-electron chi connectivity index (χ4n) is 1.16. The first kappa shape index (κ1) is 15.4. The molecule has 0 bridgehead atoms. The van der Waals surface area contributed by atoms with Gasteiger partial charge < -0.3 is 5.11 Å². The van der Waals surface area contributed by atoms with E-state index in [1.54, 1.807) is 20.8 Å². The highest BCUT2D eigenvalue weighted by Crippen LogP contribution is 2.15. The highest BCUT2D eigenvalue weighted by molar-refractivity contribution is 7.90. The molecular formula is C10H21NO4S. The molecule has 5 nitrogen and oxygen atoms in total. The Morgan fingerprint density at radius 2 is 1.88 bits per heavy atom. The summed E-state index contributed by atoms with van der Waals surface area (Å²) in [4.78, 5) is 10.6. The fourth-order valence-corrected chi connectivity index (χ4v) is 2.15. The van der Waals surface area contributed by atoms with E-state index in [9.17, 15) is 13.2 Å². The van der Waals surface area contributed by atoms with Crippen molar-refractivity contribution in [2.75, 3.05) is 0 Å². The van der Waals surface area contributed by atoms with Gasteiger partial charge in [-0.1, -0.05) is 13.3 Å². The van der Waals surface area contributed by atoms with Gasteiger partial charge in [-0.15, -0.1) is 0 Å². The molecule has 0 aliphatic carbocycles. The van der Waals surface area contributed by atoms with Crippen molar-refractivity contribution < 1.29 is 18.3 Å². The van der Waals surface area contributed by atoms with Crippen LogP contribution in [0.4, 0.5) is 0 Å². The van der Waals surface area contributed by atoms with Crippen LogP contribution >= 0.6 is 0 Å². The minimum Gasteiger partial charge on any atom is -0.481 e. The molecule has 0 aromatic carbocycles. The van der Waals surface area contributed by atoms with Crippen LogP contribution in [0, 0.1) is 0 Å². The van der Waals surface area contributed by atoms with E-state index in [0.29, 0.717) is 6.42 Å². The number of aliphatic carboxylic acids is 1. The molecule has 0 radical (unpaired) electrons. The molecule has 0 saturated heterocycles. The summed E-state index contributed by atoms with van der Waals surface area (Å²) in [6.45, 7) is 6.64. The second-order valence-corrected chi connectivity index (χ2v) is 7.28. The van der Waals surface area contributed by atoms with E-state index in [2.05, 4.69) is 4.72 Å². The van der Waals surface area contributed by atoms with Gasteiger partial charge in [0, 0.05) is 6.04 Å². The smallest absolute Gasteiger partial charge is 0.304 e. The maximum absolute atomic E-state index is 11.8. The predicted octanol–water partition coefficient (Wildman–Crippen LogP) is 1.35. The number of hydrogen-bond acceptors (Lipinski definition) is 3. The van der Waals surface area contributed by atoms with Crippen molar-refractivity contribution in [2.45, 2.75) is 57.7 Å². The first-order chi connectivity index (χ1) is 7.10.